The van der Waals surface area contributed by atoms with Gasteiger partial charge in [-0.25, -0.2) is 0 Å². The lowest BCUT2D eigenvalue weighted by Gasteiger charge is -2.52. The second kappa shape index (κ2) is 11.6. The van der Waals surface area contributed by atoms with Crippen LogP contribution in [0, 0.1) is 29.6 Å². The van der Waals surface area contributed by atoms with Crippen LogP contribution in [0.5, 0.6) is 11.5 Å². The lowest BCUT2D eigenvalue weighted by atomic mass is 9.52. The number of primary amides is 1. The molecule has 0 aromatic heterocycles. The van der Waals surface area contributed by atoms with Crippen molar-refractivity contribution >= 4 is 29.0 Å². The number of aliphatic hydroxyl groups is 1. The van der Waals surface area contributed by atoms with Gasteiger partial charge >= 0.3 is 0 Å². The fourth-order valence-electron chi connectivity index (χ4n) is 7.86. The minimum absolute atomic E-state index is 0.00908. The zero-order chi connectivity index (χ0) is 32.2. The van der Waals surface area contributed by atoms with Crippen LogP contribution in [0.15, 0.2) is 30.3 Å². The Bertz CT molecular complexity index is 1560. The summed E-state index contributed by atoms with van der Waals surface area (Å²) >= 11 is 0. The highest BCUT2D eigenvalue weighted by Gasteiger charge is 2.69. The Morgan fingerprint density at radius 2 is 1.75 bits per heavy atom. The summed E-state index contributed by atoms with van der Waals surface area (Å²) in [7, 11) is 4.68. The van der Waals surface area contributed by atoms with E-state index in [9.17, 15) is 34.2 Å². The van der Waals surface area contributed by atoms with E-state index in [1.165, 1.54) is 11.0 Å². The SMILES string of the molecule is CCC(CC)Cc1ccc(OC)c(-c2ccc(O)c3c2C[C@@H]2C[C@@H]4C(N(C)C)C(=O)C(C(N)=O)C(=O)[C@]4(O)C(=O)C2C3=O)c1. The first-order chi connectivity index (χ1) is 20.8. The molecule has 0 radical (unpaired) electrons. The highest BCUT2D eigenvalue weighted by Crippen LogP contribution is 2.52. The molecule has 10 heteroatoms. The van der Waals surface area contributed by atoms with Gasteiger partial charge in [-0.3, -0.25) is 28.9 Å². The first kappa shape index (κ1) is 31.5. The van der Waals surface area contributed by atoms with Crippen LogP contribution in [-0.2, 0) is 32.0 Å². The number of benzene rings is 2. The molecule has 3 unspecified atom stereocenters. The zero-order valence-corrected chi connectivity index (χ0v) is 25.8. The van der Waals surface area contributed by atoms with Crippen LogP contribution in [0.1, 0.15) is 54.6 Å². The Balaban J connectivity index is 1.64. The van der Waals surface area contributed by atoms with Gasteiger partial charge in [-0.15, -0.1) is 0 Å². The fourth-order valence-corrected chi connectivity index (χ4v) is 7.86. The Morgan fingerprint density at radius 3 is 2.34 bits per heavy atom. The molecule has 0 aliphatic heterocycles. The molecule has 0 heterocycles. The van der Waals surface area contributed by atoms with Crippen LogP contribution in [-0.4, -0.2) is 77.0 Å². The van der Waals surface area contributed by atoms with Crippen molar-refractivity contribution in [3.63, 3.8) is 0 Å². The van der Waals surface area contributed by atoms with Crippen molar-refractivity contribution in [1.29, 1.82) is 0 Å². The first-order valence-corrected chi connectivity index (χ1v) is 15.2. The zero-order valence-electron chi connectivity index (χ0n) is 25.8. The van der Waals surface area contributed by atoms with E-state index in [0.29, 0.717) is 22.8 Å². The van der Waals surface area contributed by atoms with E-state index >= 15 is 0 Å². The number of ketones is 4. The van der Waals surface area contributed by atoms with Crippen LogP contribution in [0.3, 0.4) is 0 Å². The number of amides is 1. The van der Waals surface area contributed by atoms with Crippen molar-refractivity contribution in [1.82, 2.24) is 4.90 Å². The number of aromatic hydroxyl groups is 1. The van der Waals surface area contributed by atoms with Gasteiger partial charge in [-0.2, -0.15) is 0 Å². The molecule has 1 amide bonds. The predicted molar refractivity (Wildman–Crippen MR) is 161 cm³/mol. The Morgan fingerprint density at radius 1 is 1.07 bits per heavy atom. The summed E-state index contributed by atoms with van der Waals surface area (Å²) in [6, 6.07) is 7.93. The molecule has 2 aromatic rings. The average molecular weight is 605 g/mol. The molecular formula is C34H40N2O8. The number of hydrogen-bond donors (Lipinski definition) is 3. The van der Waals surface area contributed by atoms with E-state index < -0.39 is 64.4 Å². The monoisotopic (exact) mass is 604 g/mol. The van der Waals surface area contributed by atoms with Gasteiger partial charge in [-0.05, 0) is 80.1 Å². The van der Waals surface area contributed by atoms with Crippen molar-refractivity contribution in [2.75, 3.05) is 21.2 Å². The molecule has 234 valence electrons. The maximum Gasteiger partial charge on any atom is 0.235 e. The molecule has 0 saturated heterocycles. The number of fused-ring (bicyclic) bond motifs is 3. The number of rotatable bonds is 8. The number of phenolic OH excluding ortho intramolecular Hbond substituents is 1. The predicted octanol–water partition coefficient (Wildman–Crippen LogP) is 2.52. The lowest BCUT2D eigenvalue weighted by Crippen LogP contribution is -2.74. The van der Waals surface area contributed by atoms with Gasteiger partial charge in [0, 0.05) is 11.5 Å². The van der Waals surface area contributed by atoms with E-state index in [-0.39, 0.29) is 24.2 Å². The molecule has 0 spiro atoms. The standard InChI is InChI=1S/C34H40N2O8/c1-6-16(7-2)12-17-8-11-24(44-5)20(13-17)19-9-10-23(37)26-21(19)14-18-15-22-28(36(3)4)30(39)27(33(35)42)32(41)34(22,43)31(40)25(18)29(26)38/h8-11,13,16,18,22,25,27-28,37,43H,6-7,12,14-15H2,1-5H3,(H2,35,42)/t18-,22-,25?,27?,28?,34-/m1/s1. The first-order valence-electron chi connectivity index (χ1n) is 15.2. The van der Waals surface area contributed by atoms with E-state index in [2.05, 4.69) is 13.8 Å². The maximum atomic E-state index is 14.1. The lowest BCUT2D eigenvalue weighted by molar-refractivity contribution is -0.181. The number of Topliss-reactive ketones (excluding diaryl/α,β-unsaturated/α-hetero) is 4. The number of carbonyl (C=O) groups is 5. The van der Waals surface area contributed by atoms with Gasteiger partial charge in [0.2, 0.25) is 5.91 Å². The number of nitrogens with zero attached hydrogens (tertiary/aromatic N) is 1. The molecule has 10 nitrogen and oxygen atoms in total. The third-order valence-corrected chi connectivity index (χ3v) is 10.2. The van der Waals surface area contributed by atoms with Crippen LogP contribution in [0.25, 0.3) is 11.1 Å². The van der Waals surface area contributed by atoms with Crippen LogP contribution in [0.4, 0.5) is 0 Å². The van der Waals surface area contributed by atoms with Gasteiger partial charge in [0.25, 0.3) is 0 Å². The third kappa shape index (κ3) is 4.66. The molecule has 3 aliphatic carbocycles. The average Bonchev–Trinajstić information content (AvgIpc) is 2.97. The number of nitrogens with two attached hydrogens (primary N) is 1. The topological polar surface area (TPSA) is 164 Å². The minimum atomic E-state index is -2.75. The van der Waals surface area contributed by atoms with E-state index in [1.54, 1.807) is 27.3 Å². The fraction of sp³-hybridized carbons (Fsp3) is 0.500. The summed E-state index contributed by atoms with van der Waals surface area (Å²) < 4.78 is 5.71. The van der Waals surface area contributed by atoms with Crippen LogP contribution >= 0.6 is 0 Å². The van der Waals surface area contributed by atoms with Crippen molar-refractivity contribution in [2.24, 2.45) is 35.3 Å². The van der Waals surface area contributed by atoms with Crippen molar-refractivity contribution in [3.8, 4) is 22.6 Å². The van der Waals surface area contributed by atoms with Crippen LogP contribution in [0.2, 0.25) is 0 Å². The Kier molecular flexibility index (Phi) is 8.28. The molecule has 5 rings (SSSR count). The molecule has 2 aromatic carbocycles. The van der Waals surface area contributed by atoms with Gasteiger partial charge in [0.05, 0.1) is 24.6 Å². The molecular weight excluding hydrogens is 564 g/mol. The van der Waals surface area contributed by atoms with Gasteiger partial charge in [0.1, 0.15) is 11.5 Å². The molecule has 2 saturated carbocycles. The number of carbonyl (C=O) groups excluding carboxylic acids is 5. The second-order valence-corrected chi connectivity index (χ2v) is 12.7. The highest BCUT2D eigenvalue weighted by molar-refractivity contribution is 6.32. The Hall–Kier alpha value is -3.89. The maximum absolute atomic E-state index is 14.1. The Labute approximate surface area is 256 Å². The number of hydrogen-bond acceptors (Lipinski definition) is 9. The number of phenols is 1. The van der Waals surface area contributed by atoms with Gasteiger partial charge in [0.15, 0.2) is 34.7 Å². The molecule has 6 atom stereocenters. The summed E-state index contributed by atoms with van der Waals surface area (Å²) in [4.78, 5) is 68.7. The van der Waals surface area contributed by atoms with Crippen molar-refractivity contribution in [3.05, 3.63) is 47.0 Å². The number of likely N-dealkylation sites (N-methyl/N-ethyl adjacent to an activating group) is 1. The minimum Gasteiger partial charge on any atom is -0.507 e. The van der Waals surface area contributed by atoms with Crippen LogP contribution < -0.4 is 10.5 Å². The van der Waals surface area contributed by atoms with Crippen molar-refractivity contribution < 1.29 is 38.9 Å². The summed E-state index contributed by atoms with van der Waals surface area (Å²) in [6.07, 6.45) is 3.10. The normalized spacial score (nSPS) is 28.1. The summed E-state index contributed by atoms with van der Waals surface area (Å²) in [5, 5.41) is 22.7. The second-order valence-electron chi connectivity index (χ2n) is 12.7. The van der Waals surface area contributed by atoms with E-state index in [1.807, 2.05) is 18.2 Å². The number of methoxy groups -OCH3 is 1. The van der Waals surface area contributed by atoms with Crippen molar-refractivity contribution in [2.45, 2.75) is 57.6 Å². The molecule has 3 aliphatic rings. The summed E-state index contributed by atoms with van der Waals surface area (Å²) in [5.74, 6) is -9.59. The number of ether oxygens (including phenoxy) is 1. The van der Waals surface area contributed by atoms with Gasteiger partial charge in [-0.1, -0.05) is 38.8 Å². The van der Waals surface area contributed by atoms with E-state index in [0.717, 1.165) is 30.4 Å². The third-order valence-electron chi connectivity index (χ3n) is 10.2. The van der Waals surface area contributed by atoms with E-state index in [4.69, 9.17) is 10.5 Å². The molecule has 44 heavy (non-hydrogen) atoms. The summed E-state index contributed by atoms with van der Waals surface area (Å²) in [5.41, 5.74) is 5.67. The van der Waals surface area contributed by atoms with Gasteiger partial charge < -0.3 is 20.7 Å². The molecule has 2 fully saturated rings. The quantitative estimate of drug-likeness (QED) is 0.384. The molecule has 0 bridgehead atoms. The highest BCUT2D eigenvalue weighted by atomic mass is 16.5. The molecule has 4 N–H and O–H groups in total. The smallest absolute Gasteiger partial charge is 0.235 e. The summed E-state index contributed by atoms with van der Waals surface area (Å²) in [6.45, 7) is 4.32. The largest absolute Gasteiger partial charge is 0.507 e.